The van der Waals surface area contributed by atoms with Crippen molar-refractivity contribution in [3.63, 3.8) is 0 Å². The first kappa shape index (κ1) is 13.7. The molecule has 1 aliphatic heterocycles. The van der Waals surface area contributed by atoms with Crippen LogP contribution in [0.1, 0.15) is 31.2 Å². The smallest absolute Gasteiger partial charge is 0.170 e. The highest BCUT2D eigenvalue weighted by Crippen LogP contribution is 2.17. The monoisotopic (exact) mass is 264 g/mol. The van der Waals surface area contributed by atoms with E-state index in [-0.39, 0.29) is 5.84 Å². The van der Waals surface area contributed by atoms with Crippen molar-refractivity contribution in [1.82, 2.24) is 0 Å². The summed E-state index contributed by atoms with van der Waals surface area (Å²) in [6.45, 7) is 1.59. The van der Waals surface area contributed by atoms with Crippen molar-refractivity contribution in [1.29, 1.82) is 0 Å². The van der Waals surface area contributed by atoms with Crippen molar-refractivity contribution in [2.45, 2.75) is 31.8 Å². The number of ether oxygens (including phenoxy) is 2. The number of nitrogens with zero attached hydrogens (tertiary/aromatic N) is 1. The summed E-state index contributed by atoms with van der Waals surface area (Å²) in [5.74, 6) is 0.895. The number of rotatable bonds is 6. The predicted octanol–water partition coefficient (Wildman–Crippen LogP) is 2.12. The van der Waals surface area contributed by atoms with Gasteiger partial charge in [-0.05, 0) is 49.9 Å². The molecule has 0 amide bonds. The summed E-state index contributed by atoms with van der Waals surface area (Å²) >= 11 is 0. The number of hydrogen-bond donors (Lipinski definition) is 2. The molecule has 2 rings (SSSR count). The number of nitrogens with two attached hydrogens (primary N) is 1. The Morgan fingerprint density at radius 1 is 1.42 bits per heavy atom. The van der Waals surface area contributed by atoms with Gasteiger partial charge in [0.15, 0.2) is 5.84 Å². The summed E-state index contributed by atoms with van der Waals surface area (Å²) in [6, 6.07) is 7.17. The van der Waals surface area contributed by atoms with Crippen molar-refractivity contribution in [2.75, 3.05) is 13.2 Å². The number of benzene rings is 1. The lowest BCUT2D eigenvalue weighted by Gasteiger charge is -2.10. The molecule has 1 aromatic rings. The summed E-state index contributed by atoms with van der Waals surface area (Å²) in [7, 11) is 0. The van der Waals surface area contributed by atoms with Gasteiger partial charge in [0, 0.05) is 12.2 Å². The molecule has 0 radical (unpaired) electrons. The molecular weight excluding hydrogens is 244 g/mol. The predicted molar refractivity (Wildman–Crippen MR) is 72.7 cm³/mol. The molecule has 1 aliphatic rings. The molecule has 1 heterocycles. The quantitative estimate of drug-likeness (QED) is 0.271. The molecule has 1 aromatic carbocycles. The maximum absolute atomic E-state index is 8.55. The van der Waals surface area contributed by atoms with E-state index in [9.17, 15) is 0 Å². The Balaban J connectivity index is 1.70. The minimum Gasteiger partial charge on any atom is -0.494 e. The number of amidine groups is 1. The Morgan fingerprint density at radius 3 is 2.84 bits per heavy atom. The fourth-order valence-electron chi connectivity index (χ4n) is 2.15. The summed E-state index contributed by atoms with van der Waals surface area (Å²) in [5.41, 5.74) is 6.16. The zero-order valence-electron chi connectivity index (χ0n) is 10.9. The average molecular weight is 264 g/mol. The van der Waals surface area contributed by atoms with E-state index in [2.05, 4.69) is 5.16 Å². The topological polar surface area (TPSA) is 77.1 Å². The largest absolute Gasteiger partial charge is 0.494 e. The summed E-state index contributed by atoms with van der Waals surface area (Å²) in [6.07, 6.45) is 4.83. The van der Waals surface area contributed by atoms with E-state index >= 15 is 0 Å². The third-order valence-corrected chi connectivity index (χ3v) is 3.22. The fraction of sp³-hybridized carbons (Fsp3) is 0.500. The summed E-state index contributed by atoms with van der Waals surface area (Å²) < 4.78 is 11.2. The molecule has 0 bridgehead atoms. The average Bonchev–Trinajstić information content (AvgIpc) is 2.96. The number of oxime groups is 1. The minimum absolute atomic E-state index is 0.102. The van der Waals surface area contributed by atoms with E-state index < -0.39 is 0 Å². The molecule has 19 heavy (non-hydrogen) atoms. The van der Waals surface area contributed by atoms with Crippen LogP contribution in [0.3, 0.4) is 0 Å². The third kappa shape index (κ3) is 4.13. The maximum Gasteiger partial charge on any atom is 0.170 e. The van der Waals surface area contributed by atoms with Crippen LogP contribution in [0.4, 0.5) is 0 Å². The van der Waals surface area contributed by atoms with Crippen LogP contribution in [-0.4, -0.2) is 30.4 Å². The lowest BCUT2D eigenvalue weighted by Crippen LogP contribution is -2.12. The van der Waals surface area contributed by atoms with Gasteiger partial charge in [-0.25, -0.2) is 0 Å². The Hall–Kier alpha value is -1.75. The molecule has 104 valence electrons. The molecule has 5 nitrogen and oxygen atoms in total. The third-order valence-electron chi connectivity index (χ3n) is 3.22. The second-order valence-electron chi connectivity index (χ2n) is 4.64. The van der Waals surface area contributed by atoms with E-state index in [1.54, 1.807) is 12.1 Å². The first-order valence-electron chi connectivity index (χ1n) is 6.62. The first-order chi connectivity index (χ1) is 9.29. The van der Waals surface area contributed by atoms with Crippen LogP contribution >= 0.6 is 0 Å². The van der Waals surface area contributed by atoms with Gasteiger partial charge >= 0.3 is 0 Å². The van der Waals surface area contributed by atoms with Gasteiger partial charge in [0.25, 0.3) is 0 Å². The van der Waals surface area contributed by atoms with Crippen LogP contribution in [0.2, 0.25) is 0 Å². The molecule has 0 saturated carbocycles. The highest BCUT2D eigenvalue weighted by atomic mass is 16.5. The molecule has 1 fully saturated rings. The summed E-state index contributed by atoms with van der Waals surface area (Å²) in [5, 5.41) is 11.5. The molecule has 0 aliphatic carbocycles. The van der Waals surface area contributed by atoms with Crippen molar-refractivity contribution >= 4 is 5.84 Å². The highest BCUT2D eigenvalue weighted by molar-refractivity contribution is 5.97. The van der Waals surface area contributed by atoms with Gasteiger partial charge < -0.3 is 20.4 Å². The Labute approximate surface area is 113 Å². The maximum atomic E-state index is 8.55. The minimum atomic E-state index is 0.102. The van der Waals surface area contributed by atoms with Gasteiger partial charge in [-0.3, -0.25) is 0 Å². The van der Waals surface area contributed by atoms with Crippen LogP contribution in [0.25, 0.3) is 0 Å². The lowest BCUT2D eigenvalue weighted by atomic mass is 10.1. The van der Waals surface area contributed by atoms with Gasteiger partial charge in [-0.2, -0.15) is 0 Å². The van der Waals surface area contributed by atoms with E-state index in [4.69, 9.17) is 20.4 Å². The zero-order chi connectivity index (χ0) is 13.5. The van der Waals surface area contributed by atoms with E-state index in [1.807, 2.05) is 12.1 Å². The van der Waals surface area contributed by atoms with Gasteiger partial charge in [0.05, 0.1) is 12.7 Å². The van der Waals surface area contributed by atoms with Gasteiger partial charge in [-0.1, -0.05) is 5.16 Å². The molecular formula is C14H20N2O3. The van der Waals surface area contributed by atoms with Crippen LogP contribution < -0.4 is 10.5 Å². The van der Waals surface area contributed by atoms with Crippen LogP contribution in [0.5, 0.6) is 5.75 Å². The number of hydrogen-bond acceptors (Lipinski definition) is 4. The first-order valence-corrected chi connectivity index (χ1v) is 6.62. The standard InChI is InChI=1S/C14H20N2O3/c15-14(16-17)11-5-7-13(8-6-11)19-10-2-4-12-3-1-9-18-12/h5-8,12,17H,1-4,9-10H2,(H2,15,16). The highest BCUT2D eigenvalue weighted by Gasteiger charge is 2.14. The normalized spacial score (nSPS) is 19.6. The van der Waals surface area contributed by atoms with Crippen molar-refractivity contribution in [3.05, 3.63) is 29.8 Å². The SMILES string of the molecule is NC(=NO)c1ccc(OCCCC2CCCO2)cc1. The molecule has 0 aromatic heterocycles. The molecule has 3 N–H and O–H groups in total. The van der Waals surface area contributed by atoms with E-state index in [1.165, 1.54) is 12.8 Å². The Bertz CT molecular complexity index is 411. The molecule has 1 unspecified atom stereocenters. The van der Waals surface area contributed by atoms with E-state index in [0.717, 1.165) is 25.2 Å². The summed E-state index contributed by atoms with van der Waals surface area (Å²) in [4.78, 5) is 0. The lowest BCUT2D eigenvalue weighted by molar-refractivity contribution is 0.0981. The van der Waals surface area contributed by atoms with Crippen LogP contribution in [0.15, 0.2) is 29.4 Å². The van der Waals surface area contributed by atoms with Crippen molar-refractivity contribution in [3.8, 4) is 5.75 Å². The van der Waals surface area contributed by atoms with Gasteiger partial charge in [0.2, 0.25) is 0 Å². The van der Waals surface area contributed by atoms with Crippen molar-refractivity contribution < 1.29 is 14.7 Å². The molecule has 1 atom stereocenters. The molecule has 0 spiro atoms. The second-order valence-corrected chi connectivity index (χ2v) is 4.64. The van der Waals surface area contributed by atoms with Crippen LogP contribution in [-0.2, 0) is 4.74 Å². The zero-order valence-corrected chi connectivity index (χ0v) is 10.9. The van der Waals surface area contributed by atoms with Gasteiger partial charge in [-0.15, -0.1) is 0 Å². The molecule has 1 saturated heterocycles. The van der Waals surface area contributed by atoms with Gasteiger partial charge in [0.1, 0.15) is 5.75 Å². The fourth-order valence-corrected chi connectivity index (χ4v) is 2.15. The Morgan fingerprint density at radius 2 is 2.21 bits per heavy atom. The Kier molecular flexibility index (Phi) is 5.03. The van der Waals surface area contributed by atoms with E-state index in [0.29, 0.717) is 18.3 Å². The van der Waals surface area contributed by atoms with Crippen LogP contribution in [0, 0.1) is 0 Å². The molecule has 5 heteroatoms. The van der Waals surface area contributed by atoms with Crippen molar-refractivity contribution in [2.24, 2.45) is 10.9 Å². The second kappa shape index (κ2) is 6.99.